The van der Waals surface area contributed by atoms with Gasteiger partial charge in [0.15, 0.2) is 11.4 Å². The summed E-state index contributed by atoms with van der Waals surface area (Å²) in [7, 11) is 0. The average molecular weight is 282 g/mol. The summed E-state index contributed by atoms with van der Waals surface area (Å²) in [5.74, 6) is 2.07. The molecule has 0 amide bonds. The van der Waals surface area contributed by atoms with E-state index < -0.39 is 0 Å². The fourth-order valence-corrected chi connectivity index (χ4v) is 2.00. The Hall–Kier alpha value is -2.43. The highest BCUT2D eigenvalue weighted by Gasteiger charge is 2.12. The van der Waals surface area contributed by atoms with Crippen LogP contribution in [0.4, 0.5) is 5.82 Å². The molecule has 1 atom stereocenters. The first-order chi connectivity index (χ1) is 10.1. The van der Waals surface area contributed by atoms with Crippen molar-refractivity contribution in [1.82, 2.24) is 15.0 Å². The first kappa shape index (κ1) is 13.5. The van der Waals surface area contributed by atoms with Crippen LogP contribution in [0.15, 0.2) is 41.3 Å². The van der Waals surface area contributed by atoms with Crippen LogP contribution in [-0.4, -0.2) is 21.0 Å². The van der Waals surface area contributed by atoms with Gasteiger partial charge < -0.3 is 9.73 Å². The molecule has 0 aromatic carbocycles. The summed E-state index contributed by atoms with van der Waals surface area (Å²) in [6.45, 7) is 6.49. The molecule has 0 saturated carbocycles. The van der Waals surface area contributed by atoms with Crippen LogP contribution >= 0.6 is 0 Å². The largest absolute Gasteiger partial charge is 0.463 e. The van der Waals surface area contributed by atoms with E-state index in [2.05, 4.69) is 41.0 Å². The van der Waals surface area contributed by atoms with E-state index in [9.17, 15) is 0 Å². The van der Waals surface area contributed by atoms with Crippen molar-refractivity contribution in [2.24, 2.45) is 5.92 Å². The van der Waals surface area contributed by atoms with Gasteiger partial charge in [-0.1, -0.05) is 13.8 Å². The Morgan fingerprint density at radius 3 is 2.67 bits per heavy atom. The van der Waals surface area contributed by atoms with Gasteiger partial charge in [0, 0.05) is 6.04 Å². The van der Waals surface area contributed by atoms with E-state index in [1.807, 2.05) is 24.3 Å². The lowest BCUT2D eigenvalue weighted by Crippen LogP contribution is -2.22. The molecule has 3 aromatic heterocycles. The highest BCUT2D eigenvalue weighted by atomic mass is 16.3. The zero-order valence-corrected chi connectivity index (χ0v) is 12.4. The summed E-state index contributed by atoms with van der Waals surface area (Å²) in [6, 6.07) is 7.96. The lowest BCUT2D eigenvalue weighted by Gasteiger charge is -2.18. The highest BCUT2D eigenvalue weighted by molar-refractivity contribution is 5.87. The standard InChI is InChI=1S/C16H18N4O/c1-10(2)11(3)19-15-12-6-7-13(14-5-4-8-21-14)20-16(12)18-9-17-15/h4-11H,1-3H3,(H,17,18,19,20). The topological polar surface area (TPSA) is 63.8 Å². The number of aromatic nitrogens is 3. The van der Waals surface area contributed by atoms with Crippen LogP contribution in [0.25, 0.3) is 22.5 Å². The van der Waals surface area contributed by atoms with Gasteiger partial charge in [-0.25, -0.2) is 15.0 Å². The van der Waals surface area contributed by atoms with E-state index in [4.69, 9.17) is 4.42 Å². The van der Waals surface area contributed by atoms with Gasteiger partial charge in [0.05, 0.1) is 11.6 Å². The zero-order valence-electron chi connectivity index (χ0n) is 12.4. The molecule has 0 spiro atoms. The summed E-state index contributed by atoms with van der Waals surface area (Å²) < 4.78 is 5.37. The van der Waals surface area contributed by atoms with Crippen molar-refractivity contribution in [1.29, 1.82) is 0 Å². The van der Waals surface area contributed by atoms with Crippen molar-refractivity contribution >= 4 is 16.9 Å². The number of nitrogens with zero attached hydrogens (tertiary/aromatic N) is 3. The van der Waals surface area contributed by atoms with Gasteiger partial charge in [-0.2, -0.15) is 0 Å². The smallest absolute Gasteiger partial charge is 0.165 e. The Balaban J connectivity index is 2.01. The molecule has 5 heteroatoms. The van der Waals surface area contributed by atoms with E-state index in [0.717, 1.165) is 22.7 Å². The third-order valence-electron chi connectivity index (χ3n) is 3.64. The fourth-order valence-electron chi connectivity index (χ4n) is 2.00. The van der Waals surface area contributed by atoms with Gasteiger partial charge in [-0.15, -0.1) is 0 Å². The van der Waals surface area contributed by atoms with Gasteiger partial charge in [0.25, 0.3) is 0 Å². The second kappa shape index (κ2) is 5.52. The third-order valence-corrected chi connectivity index (χ3v) is 3.64. The van der Waals surface area contributed by atoms with Gasteiger partial charge in [0.2, 0.25) is 0 Å². The van der Waals surface area contributed by atoms with E-state index in [-0.39, 0.29) is 0 Å². The molecule has 3 heterocycles. The number of nitrogens with one attached hydrogen (secondary N) is 1. The molecule has 0 fully saturated rings. The molecule has 0 saturated heterocycles. The highest BCUT2D eigenvalue weighted by Crippen LogP contribution is 2.24. The molecular formula is C16H18N4O. The van der Waals surface area contributed by atoms with Gasteiger partial charge in [-0.3, -0.25) is 0 Å². The molecule has 108 valence electrons. The minimum atomic E-state index is 0.327. The van der Waals surface area contributed by atoms with Crippen molar-refractivity contribution in [3.63, 3.8) is 0 Å². The number of hydrogen-bond acceptors (Lipinski definition) is 5. The summed E-state index contributed by atoms with van der Waals surface area (Å²) in [4.78, 5) is 13.1. The Labute approximate surface area is 123 Å². The van der Waals surface area contributed by atoms with Crippen molar-refractivity contribution in [3.8, 4) is 11.5 Å². The predicted molar refractivity (Wildman–Crippen MR) is 83.0 cm³/mol. The number of furan rings is 1. The number of pyridine rings is 1. The zero-order chi connectivity index (χ0) is 14.8. The van der Waals surface area contributed by atoms with Crippen LogP contribution in [0, 0.1) is 5.92 Å². The summed E-state index contributed by atoms with van der Waals surface area (Å²) >= 11 is 0. The van der Waals surface area contributed by atoms with Crippen LogP contribution in [-0.2, 0) is 0 Å². The van der Waals surface area contributed by atoms with Crippen molar-refractivity contribution in [2.45, 2.75) is 26.8 Å². The minimum absolute atomic E-state index is 0.327. The first-order valence-electron chi connectivity index (χ1n) is 7.07. The molecule has 5 nitrogen and oxygen atoms in total. The Morgan fingerprint density at radius 1 is 1.10 bits per heavy atom. The molecule has 1 unspecified atom stereocenters. The van der Waals surface area contributed by atoms with Crippen LogP contribution in [0.2, 0.25) is 0 Å². The van der Waals surface area contributed by atoms with E-state index in [0.29, 0.717) is 17.6 Å². The molecule has 0 radical (unpaired) electrons. The summed E-state index contributed by atoms with van der Waals surface area (Å²) in [6.07, 6.45) is 3.18. The Morgan fingerprint density at radius 2 is 1.95 bits per heavy atom. The van der Waals surface area contributed by atoms with E-state index >= 15 is 0 Å². The maximum Gasteiger partial charge on any atom is 0.165 e. The van der Waals surface area contributed by atoms with Crippen molar-refractivity contribution in [3.05, 3.63) is 36.9 Å². The second-order valence-corrected chi connectivity index (χ2v) is 5.44. The molecule has 0 aliphatic carbocycles. The quantitative estimate of drug-likeness (QED) is 0.789. The number of anilines is 1. The maximum atomic E-state index is 5.37. The van der Waals surface area contributed by atoms with Gasteiger partial charge in [0.1, 0.15) is 17.8 Å². The normalized spacial score (nSPS) is 12.8. The minimum Gasteiger partial charge on any atom is -0.463 e. The van der Waals surface area contributed by atoms with Crippen LogP contribution < -0.4 is 5.32 Å². The van der Waals surface area contributed by atoms with Gasteiger partial charge >= 0.3 is 0 Å². The number of rotatable bonds is 4. The third kappa shape index (κ3) is 2.72. The van der Waals surface area contributed by atoms with E-state index in [1.165, 1.54) is 6.33 Å². The average Bonchev–Trinajstić information content (AvgIpc) is 3.01. The first-order valence-corrected chi connectivity index (χ1v) is 7.07. The molecule has 3 aromatic rings. The lowest BCUT2D eigenvalue weighted by molar-refractivity contribution is 0.559. The van der Waals surface area contributed by atoms with Gasteiger partial charge in [-0.05, 0) is 37.1 Å². The molecule has 0 bridgehead atoms. The Bertz CT molecular complexity index is 737. The lowest BCUT2D eigenvalue weighted by atomic mass is 10.1. The van der Waals surface area contributed by atoms with Crippen LogP contribution in [0.5, 0.6) is 0 Å². The summed E-state index contributed by atoms with van der Waals surface area (Å²) in [5, 5.41) is 4.34. The molecule has 0 aliphatic heterocycles. The van der Waals surface area contributed by atoms with Crippen molar-refractivity contribution < 1.29 is 4.42 Å². The monoisotopic (exact) mass is 282 g/mol. The number of fused-ring (bicyclic) bond motifs is 1. The molecule has 1 N–H and O–H groups in total. The predicted octanol–water partition coefficient (Wildman–Crippen LogP) is 3.74. The molecule has 3 rings (SSSR count). The summed E-state index contributed by atoms with van der Waals surface area (Å²) in [5.41, 5.74) is 1.44. The molecule has 21 heavy (non-hydrogen) atoms. The maximum absolute atomic E-state index is 5.37. The van der Waals surface area contributed by atoms with Crippen LogP contribution in [0.1, 0.15) is 20.8 Å². The van der Waals surface area contributed by atoms with E-state index in [1.54, 1.807) is 6.26 Å². The fraction of sp³-hybridized carbons (Fsp3) is 0.312. The SMILES string of the molecule is CC(C)C(C)Nc1ncnc2nc(-c3ccco3)ccc12. The molecular weight excluding hydrogens is 264 g/mol. The number of hydrogen-bond donors (Lipinski definition) is 1. The van der Waals surface area contributed by atoms with Crippen molar-refractivity contribution in [2.75, 3.05) is 5.32 Å². The second-order valence-electron chi connectivity index (χ2n) is 5.44. The Kier molecular flexibility index (Phi) is 3.56. The van der Waals surface area contributed by atoms with Crippen LogP contribution in [0.3, 0.4) is 0 Å². The molecule has 0 aliphatic rings.